The standard InChI is InChI=1S/C30H30N2O2/c33-30(29(21-25-13-5-1-6-14-25)31-22-26-15-7-2-8-16-26)34-32(23-27-17-9-3-10-18-27)24-28-19-11-4-12-20-28/h1-20,29,31H,21-24H2/t29-/m0/s1. The number of carbonyl (C=O) groups excluding carboxylic acids is 1. The lowest BCUT2D eigenvalue weighted by Crippen LogP contribution is -2.42. The van der Waals surface area contributed by atoms with Crippen LogP contribution in [0.4, 0.5) is 0 Å². The first-order valence-electron chi connectivity index (χ1n) is 11.6. The van der Waals surface area contributed by atoms with Gasteiger partial charge in [0.1, 0.15) is 6.04 Å². The van der Waals surface area contributed by atoms with E-state index in [1.54, 1.807) is 5.06 Å². The lowest BCUT2D eigenvalue weighted by Gasteiger charge is -2.25. The molecule has 4 aromatic carbocycles. The third-order valence-electron chi connectivity index (χ3n) is 5.59. The maximum Gasteiger partial charge on any atom is 0.342 e. The highest BCUT2D eigenvalue weighted by molar-refractivity contribution is 5.76. The number of carbonyl (C=O) groups is 1. The molecule has 4 nitrogen and oxygen atoms in total. The number of rotatable bonds is 11. The van der Waals surface area contributed by atoms with Gasteiger partial charge in [0.15, 0.2) is 0 Å². The first-order chi connectivity index (χ1) is 16.8. The fraction of sp³-hybridized carbons (Fsp3) is 0.167. The number of hydroxylamine groups is 2. The van der Waals surface area contributed by atoms with Crippen molar-refractivity contribution in [2.24, 2.45) is 0 Å². The van der Waals surface area contributed by atoms with Crippen LogP contribution in [0.2, 0.25) is 0 Å². The second-order valence-corrected chi connectivity index (χ2v) is 8.29. The number of hydrogen-bond acceptors (Lipinski definition) is 4. The summed E-state index contributed by atoms with van der Waals surface area (Å²) in [6.07, 6.45) is 0.553. The summed E-state index contributed by atoms with van der Waals surface area (Å²) in [4.78, 5) is 19.4. The maximum atomic E-state index is 13.4. The van der Waals surface area contributed by atoms with Gasteiger partial charge in [0.2, 0.25) is 0 Å². The Bertz CT molecular complexity index is 1080. The molecule has 0 aliphatic heterocycles. The van der Waals surface area contributed by atoms with Gasteiger partial charge in [0.25, 0.3) is 0 Å². The Kier molecular flexibility index (Phi) is 8.61. The van der Waals surface area contributed by atoms with Crippen LogP contribution in [0.5, 0.6) is 0 Å². The average Bonchev–Trinajstić information content (AvgIpc) is 2.89. The fourth-order valence-corrected chi connectivity index (χ4v) is 3.81. The summed E-state index contributed by atoms with van der Waals surface area (Å²) < 4.78 is 0. The third kappa shape index (κ3) is 7.41. The van der Waals surface area contributed by atoms with Crippen LogP contribution in [0.1, 0.15) is 22.3 Å². The van der Waals surface area contributed by atoms with E-state index in [2.05, 4.69) is 17.4 Å². The molecule has 0 fully saturated rings. The quantitative estimate of drug-likeness (QED) is 0.304. The van der Waals surface area contributed by atoms with E-state index in [0.717, 1.165) is 22.3 Å². The summed E-state index contributed by atoms with van der Waals surface area (Å²) in [7, 11) is 0. The Morgan fingerprint density at radius 1 is 0.618 bits per heavy atom. The molecule has 4 rings (SSSR count). The van der Waals surface area contributed by atoms with Crippen molar-refractivity contribution in [2.75, 3.05) is 0 Å². The highest BCUT2D eigenvalue weighted by Crippen LogP contribution is 2.13. The molecule has 0 amide bonds. The monoisotopic (exact) mass is 450 g/mol. The molecule has 0 radical (unpaired) electrons. The zero-order valence-corrected chi connectivity index (χ0v) is 19.2. The van der Waals surface area contributed by atoms with E-state index >= 15 is 0 Å². The highest BCUT2D eigenvalue weighted by Gasteiger charge is 2.23. The molecule has 0 saturated heterocycles. The molecule has 34 heavy (non-hydrogen) atoms. The van der Waals surface area contributed by atoms with E-state index in [-0.39, 0.29) is 5.97 Å². The molecule has 0 aromatic heterocycles. The van der Waals surface area contributed by atoms with E-state index in [0.29, 0.717) is 26.1 Å². The molecule has 0 unspecified atom stereocenters. The molecule has 0 aliphatic rings. The predicted octanol–water partition coefficient (Wildman–Crippen LogP) is 5.55. The Morgan fingerprint density at radius 3 is 1.50 bits per heavy atom. The highest BCUT2D eigenvalue weighted by atomic mass is 16.7. The minimum Gasteiger partial charge on any atom is -0.366 e. The van der Waals surface area contributed by atoms with Crippen LogP contribution in [-0.2, 0) is 35.7 Å². The molecule has 4 heteroatoms. The van der Waals surface area contributed by atoms with Crippen molar-refractivity contribution in [3.63, 3.8) is 0 Å². The third-order valence-corrected chi connectivity index (χ3v) is 5.59. The van der Waals surface area contributed by atoms with Crippen molar-refractivity contribution in [3.05, 3.63) is 144 Å². The molecule has 1 N–H and O–H groups in total. The van der Waals surface area contributed by atoms with Gasteiger partial charge in [0, 0.05) is 6.54 Å². The van der Waals surface area contributed by atoms with E-state index in [1.165, 1.54) is 0 Å². The second kappa shape index (κ2) is 12.5. The van der Waals surface area contributed by atoms with Gasteiger partial charge in [-0.3, -0.25) is 5.32 Å². The van der Waals surface area contributed by atoms with Crippen molar-refractivity contribution in [1.82, 2.24) is 10.4 Å². The summed E-state index contributed by atoms with van der Waals surface area (Å²) in [6.45, 7) is 1.61. The minimum atomic E-state index is -0.475. The van der Waals surface area contributed by atoms with Gasteiger partial charge in [-0.2, -0.15) is 0 Å². The zero-order valence-electron chi connectivity index (χ0n) is 19.2. The van der Waals surface area contributed by atoms with E-state index in [1.807, 2.05) is 109 Å². The molecule has 0 saturated carbocycles. The van der Waals surface area contributed by atoms with Crippen LogP contribution in [-0.4, -0.2) is 17.1 Å². The normalized spacial score (nSPS) is 11.8. The first-order valence-corrected chi connectivity index (χ1v) is 11.6. The summed E-state index contributed by atoms with van der Waals surface area (Å²) in [5, 5.41) is 5.16. The minimum absolute atomic E-state index is 0.286. The number of hydrogen-bond donors (Lipinski definition) is 1. The Hall–Kier alpha value is -3.73. The van der Waals surface area contributed by atoms with Gasteiger partial charge in [-0.15, -0.1) is 5.06 Å². The number of benzene rings is 4. The molecule has 0 spiro atoms. The Morgan fingerprint density at radius 2 is 1.03 bits per heavy atom. The second-order valence-electron chi connectivity index (χ2n) is 8.29. The van der Waals surface area contributed by atoms with E-state index < -0.39 is 6.04 Å². The molecule has 0 heterocycles. The molecule has 1 atom stereocenters. The Labute approximate surface area is 201 Å². The summed E-state index contributed by atoms with van der Waals surface area (Å²) in [5.74, 6) is -0.286. The largest absolute Gasteiger partial charge is 0.366 e. The predicted molar refractivity (Wildman–Crippen MR) is 135 cm³/mol. The molecular weight excluding hydrogens is 420 g/mol. The van der Waals surface area contributed by atoms with Crippen LogP contribution in [0.15, 0.2) is 121 Å². The van der Waals surface area contributed by atoms with Crippen LogP contribution < -0.4 is 5.32 Å². The molecule has 4 aromatic rings. The van der Waals surface area contributed by atoms with Gasteiger partial charge in [-0.25, -0.2) is 4.79 Å². The van der Waals surface area contributed by atoms with Gasteiger partial charge >= 0.3 is 5.97 Å². The number of nitrogens with zero attached hydrogens (tertiary/aromatic N) is 1. The molecule has 172 valence electrons. The van der Waals surface area contributed by atoms with E-state index in [4.69, 9.17) is 4.84 Å². The summed E-state index contributed by atoms with van der Waals surface area (Å²) in [5.41, 5.74) is 4.38. The van der Waals surface area contributed by atoms with Crippen molar-refractivity contribution >= 4 is 5.97 Å². The number of nitrogens with one attached hydrogen (secondary N) is 1. The SMILES string of the molecule is O=C(ON(Cc1ccccc1)Cc1ccccc1)[C@H](Cc1ccccc1)NCc1ccccc1. The van der Waals surface area contributed by atoms with Crippen molar-refractivity contribution in [1.29, 1.82) is 0 Å². The zero-order chi connectivity index (χ0) is 23.4. The molecular formula is C30H30N2O2. The van der Waals surface area contributed by atoms with Gasteiger partial charge in [0.05, 0.1) is 13.1 Å². The Balaban J connectivity index is 1.50. The van der Waals surface area contributed by atoms with Gasteiger partial charge < -0.3 is 4.84 Å². The lowest BCUT2D eigenvalue weighted by atomic mass is 10.1. The van der Waals surface area contributed by atoms with E-state index in [9.17, 15) is 4.79 Å². The summed E-state index contributed by atoms with van der Waals surface area (Å²) >= 11 is 0. The lowest BCUT2D eigenvalue weighted by molar-refractivity contribution is -0.199. The molecule has 0 bridgehead atoms. The van der Waals surface area contributed by atoms with Gasteiger partial charge in [-0.1, -0.05) is 121 Å². The fourth-order valence-electron chi connectivity index (χ4n) is 3.81. The van der Waals surface area contributed by atoms with Crippen molar-refractivity contribution in [2.45, 2.75) is 32.1 Å². The van der Waals surface area contributed by atoms with Crippen molar-refractivity contribution in [3.8, 4) is 0 Å². The van der Waals surface area contributed by atoms with Crippen LogP contribution in [0.3, 0.4) is 0 Å². The van der Waals surface area contributed by atoms with Crippen LogP contribution in [0.25, 0.3) is 0 Å². The average molecular weight is 451 g/mol. The maximum absolute atomic E-state index is 13.4. The molecule has 0 aliphatic carbocycles. The van der Waals surface area contributed by atoms with Gasteiger partial charge in [-0.05, 0) is 28.7 Å². The van der Waals surface area contributed by atoms with Crippen LogP contribution in [0, 0.1) is 0 Å². The smallest absolute Gasteiger partial charge is 0.342 e. The topological polar surface area (TPSA) is 41.6 Å². The van der Waals surface area contributed by atoms with Crippen LogP contribution >= 0.6 is 0 Å². The first kappa shape index (κ1) is 23.4. The summed E-state index contributed by atoms with van der Waals surface area (Å²) in [6, 6.07) is 39.8. The van der Waals surface area contributed by atoms with Crippen molar-refractivity contribution < 1.29 is 9.63 Å².